The molecule has 5 heteroatoms. The van der Waals surface area contributed by atoms with Gasteiger partial charge in [-0.05, 0) is 33.1 Å². The second kappa shape index (κ2) is 4.35. The van der Waals surface area contributed by atoms with Crippen LogP contribution in [-0.4, -0.2) is 31.0 Å². The molecule has 1 rings (SSSR count). The molecule has 0 spiro atoms. The predicted octanol–water partition coefficient (Wildman–Crippen LogP) is 1.54. The van der Waals surface area contributed by atoms with Gasteiger partial charge in [0.1, 0.15) is 5.60 Å². The maximum Gasteiger partial charge on any atom is 0.307 e. The molecule has 4 nitrogen and oxygen atoms in total. The Bertz CT molecular complexity index is 364. The maximum atomic E-state index is 11.7. The molecule has 0 aliphatic carbocycles. The first-order valence-electron chi connectivity index (χ1n) is 5.55. The average Bonchev–Trinajstić information content (AvgIpc) is 2.28. The number of rotatable bonds is 2. The van der Waals surface area contributed by atoms with Crippen LogP contribution in [0.25, 0.3) is 0 Å². The standard InChI is InChI=1S/C11H20O4S/c1-8-5-6-16(13,14)9(8)7-10(12)15-11(2,3)4/h8-9H,5-7H2,1-4H3. The zero-order valence-corrected chi connectivity index (χ0v) is 11.1. The largest absolute Gasteiger partial charge is 0.460 e. The first-order chi connectivity index (χ1) is 7.12. The summed E-state index contributed by atoms with van der Waals surface area (Å²) in [4.78, 5) is 11.6. The summed E-state index contributed by atoms with van der Waals surface area (Å²) in [6.45, 7) is 7.20. The highest BCUT2D eigenvalue weighted by molar-refractivity contribution is 7.92. The first kappa shape index (κ1) is 13.5. The van der Waals surface area contributed by atoms with E-state index in [-0.39, 0.29) is 18.1 Å². The van der Waals surface area contributed by atoms with Crippen LogP contribution in [0.2, 0.25) is 0 Å². The van der Waals surface area contributed by atoms with E-state index in [1.54, 1.807) is 20.8 Å². The minimum absolute atomic E-state index is 0.0131. The number of ether oxygens (including phenoxy) is 1. The number of carbonyl (C=O) groups is 1. The van der Waals surface area contributed by atoms with Gasteiger partial charge in [-0.1, -0.05) is 6.92 Å². The fourth-order valence-electron chi connectivity index (χ4n) is 1.92. The molecule has 0 bridgehead atoms. The Morgan fingerprint density at radius 3 is 2.31 bits per heavy atom. The van der Waals surface area contributed by atoms with E-state index in [1.165, 1.54) is 0 Å². The topological polar surface area (TPSA) is 60.4 Å². The second-order valence-electron chi connectivity index (χ2n) is 5.46. The van der Waals surface area contributed by atoms with Crippen molar-refractivity contribution in [1.29, 1.82) is 0 Å². The van der Waals surface area contributed by atoms with Crippen molar-refractivity contribution >= 4 is 15.8 Å². The monoisotopic (exact) mass is 248 g/mol. The van der Waals surface area contributed by atoms with Crippen LogP contribution in [0.15, 0.2) is 0 Å². The molecule has 0 aromatic heterocycles. The molecule has 0 N–H and O–H groups in total. The average molecular weight is 248 g/mol. The number of carbonyl (C=O) groups excluding carboxylic acids is 1. The molecular formula is C11H20O4S. The number of hydrogen-bond donors (Lipinski definition) is 0. The molecule has 0 radical (unpaired) electrons. The van der Waals surface area contributed by atoms with Crippen LogP contribution in [0.5, 0.6) is 0 Å². The van der Waals surface area contributed by atoms with Crippen molar-refractivity contribution < 1.29 is 17.9 Å². The highest BCUT2D eigenvalue weighted by Crippen LogP contribution is 2.29. The molecule has 94 valence electrons. The molecule has 0 aromatic carbocycles. The van der Waals surface area contributed by atoms with Gasteiger partial charge < -0.3 is 4.74 Å². The van der Waals surface area contributed by atoms with Gasteiger partial charge in [0.25, 0.3) is 0 Å². The molecule has 1 heterocycles. The predicted molar refractivity (Wildman–Crippen MR) is 61.8 cm³/mol. The molecule has 1 aliphatic heterocycles. The molecule has 0 amide bonds. The normalized spacial score (nSPS) is 29.0. The molecule has 2 unspecified atom stereocenters. The smallest absolute Gasteiger partial charge is 0.307 e. The van der Waals surface area contributed by atoms with Crippen molar-refractivity contribution in [1.82, 2.24) is 0 Å². The van der Waals surface area contributed by atoms with E-state index in [0.29, 0.717) is 6.42 Å². The summed E-state index contributed by atoms with van der Waals surface area (Å²) in [7, 11) is -3.09. The summed E-state index contributed by atoms with van der Waals surface area (Å²) in [5.41, 5.74) is -0.553. The lowest BCUT2D eigenvalue weighted by Gasteiger charge is -2.21. The Kier molecular flexibility index (Phi) is 3.67. The van der Waals surface area contributed by atoms with Gasteiger partial charge in [-0.2, -0.15) is 0 Å². The van der Waals surface area contributed by atoms with E-state index in [1.807, 2.05) is 6.92 Å². The van der Waals surface area contributed by atoms with Gasteiger partial charge in [0, 0.05) is 0 Å². The van der Waals surface area contributed by atoms with Gasteiger partial charge in [0.05, 0.1) is 17.4 Å². The van der Waals surface area contributed by atoms with Gasteiger partial charge in [-0.3, -0.25) is 4.79 Å². The summed E-state index contributed by atoms with van der Waals surface area (Å²) in [5.74, 6) is -0.172. The van der Waals surface area contributed by atoms with E-state index in [2.05, 4.69) is 0 Å². The maximum absolute atomic E-state index is 11.7. The van der Waals surface area contributed by atoms with Crippen LogP contribution in [0, 0.1) is 5.92 Å². The lowest BCUT2D eigenvalue weighted by molar-refractivity contribution is -0.155. The molecule has 1 saturated heterocycles. The van der Waals surface area contributed by atoms with Gasteiger partial charge in [0.2, 0.25) is 0 Å². The minimum atomic E-state index is -3.09. The van der Waals surface area contributed by atoms with Crippen LogP contribution in [-0.2, 0) is 19.4 Å². The van der Waals surface area contributed by atoms with Crippen molar-refractivity contribution in [3.63, 3.8) is 0 Å². The van der Waals surface area contributed by atoms with Crippen LogP contribution in [0.4, 0.5) is 0 Å². The summed E-state index contributed by atoms with van der Waals surface area (Å²) in [6.07, 6.45) is 0.635. The first-order valence-corrected chi connectivity index (χ1v) is 7.27. The Hall–Kier alpha value is -0.580. The zero-order chi connectivity index (χ0) is 12.6. The van der Waals surface area contributed by atoms with E-state index in [4.69, 9.17) is 4.74 Å². The number of esters is 1. The molecule has 0 aromatic rings. The van der Waals surface area contributed by atoms with Crippen molar-refractivity contribution in [2.24, 2.45) is 5.92 Å². The molecule has 1 fully saturated rings. The third-order valence-electron chi connectivity index (χ3n) is 2.74. The van der Waals surface area contributed by atoms with E-state index >= 15 is 0 Å². The highest BCUT2D eigenvalue weighted by atomic mass is 32.2. The zero-order valence-electron chi connectivity index (χ0n) is 10.3. The Morgan fingerprint density at radius 1 is 1.38 bits per heavy atom. The third kappa shape index (κ3) is 3.47. The van der Waals surface area contributed by atoms with Crippen LogP contribution < -0.4 is 0 Å². The van der Waals surface area contributed by atoms with Crippen molar-refractivity contribution in [2.75, 3.05) is 5.75 Å². The lowest BCUT2D eigenvalue weighted by atomic mass is 10.0. The van der Waals surface area contributed by atoms with Crippen molar-refractivity contribution in [3.8, 4) is 0 Å². The SMILES string of the molecule is CC1CCS(=O)(=O)C1CC(=O)OC(C)(C)C. The number of hydrogen-bond acceptors (Lipinski definition) is 4. The fraction of sp³-hybridized carbons (Fsp3) is 0.909. The summed E-state index contributed by atoms with van der Waals surface area (Å²) >= 11 is 0. The van der Waals surface area contributed by atoms with Gasteiger partial charge in [0.15, 0.2) is 9.84 Å². The fourth-order valence-corrected chi connectivity index (χ4v) is 4.15. The second-order valence-corrected chi connectivity index (χ2v) is 7.80. The van der Waals surface area contributed by atoms with Crippen molar-refractivity contribution in [3.05, 3.63) is 0 Å². The Labute approximate surface area is 97.3 Å². The highest BCUT2D eigenvalue weighted by Gasteiger charge is 2.39. The van der Waals surface area contributed by atoms with Crippen molar-refractivity contribution in [2.45, 2.75) is 51.4 Å². The Balaban J connectivity index is 2.64. The van der Waals surface area contributed by atoms with Gasteiger partial charge in [-0.15, -0.1) is 0 Å². The van der Waals surface area contributed by atoms with Crippen LogP contribution in [0.3, 0.4) is 0 Å². The van der Waals surface area contributed by atoms with E-state index < -0.39 is 26.7 Å². The van der Waals surface area contributed by atoms with E-state index in [0.717, 1.165) is 0 Å². The molecule has 2 atom stereocenters. The quantitative estimate of drug-likeness (QED) is 0.695. The van der Waals surface area contributed by atoms with Crippen LogP contribution in [0.1, 0.15) is 40.5 Å². The molecule has 0 saturated carbocycles. The van der Waals surface area contributed by atoms with Gasteiger partial charge in [-0.25, -0.2) is 8.42 Å². The molecular weight excluding hydrogens is 228 g/mol. The van der Waals surface area contributed by atoms with Crippen LogP contribution >= 0.6 is 0 Å². The molecule has 1 aliphatic rings. The van der Waals surface area contributed by atoms with Gasteiger partial charge >= 0.3 is 5.97 Å². The lowest BCUT2D eigenvalue weighted by Crippen LogP contribution is -2.30. The summed E-state index contributed by atoms with van der Waals surface area (Å²) in [5, 5.41) is -0.553. The number of sulfone groups is 1. The minimum Gasteiger partial charge on any atom is -0.460 e. The summed E-state index contributed by atoms with van der Waals surface area (Å²) < 4.78 is 28.5. The summed E-state index contributed by atoms with van der Waals surface area (Å²) in [6, 6.07) is 0. The molecule has 16 heavy (non-hydrogen) atoms. The third-order valence-corrected chi connectivity index (χ3v) is 5.10. The van der Waals surface area contributed by atoms with E-state index in [9.17, 15) is 13.2 Å². The Morgan fingerprint density at radius 2 is 1.94 bits per heavy atom.